The molecule has 0 aliphatic heterocycles. The van der Waals surface area contributed by atoms with Gasteiger partial charge in [-0.05, 0) is 44.1 Å². The van der Waals surface area contributed by atoms with Crippen molar-refractivity contribution in [1.82, 2.24) is 9.78 Å². The molecule has 4 heteroatoms. The topological polar surface area (TPSA) is 47.3 Å². The maximum Gasteiger partial charge on any atom is 0.0944 e. The second-order valence-electron chi connectivity index (χ2n) is 6.86. The smallest absolute Gasteiger partial charge is 0.0944 e. The molecule has 0 saturated heterocycles. The number of aliphatic hydroxyl groups is 1. The van der Waals surface area contributed by atoms with E-state index in [-0.39, 0.29) is 5.60 Å². The molecule has 0 aromatic carbocycles. The lowest BCUT2D eigenvalue weighted by Gasteiger charge is -2.45. The van der Waals surface area contributed by atoms with Crippen molar-refractivity contribution in [1.29, 1.82) is 0 Å². The third-order valence-corrected chi connectivity index (χ3v) is 4.66. The second kappa shape index (κ2) is 5.86. The molecule has 20 heavy (non-hydrogen) atoms. The molecule has 1 fully saturated rings. The first kappa shape index (κ1) is 15.5. The van der Waals surface area contributed by atoms with Crippen LogP contribution in [0, 0.1) is 5.41 Å². The van der Waals surface area contributed by atoms with E-state index in [0.717, 1.165) is 31.4 Å². The Kier molecular flexibility index (Phi) is 4.55. The normalized spacial score (nSPS) is 22.6. The summed E-state index contributed by atoms with van der Waals surface area (Å²) in [4.78, 5) is 0. The highest BCUT2D eigenvalue weighted by Crippen LogP contribution is 2.44. The van der Waals surface area contributed by atoms with Gasteiger partial charge in [-0.15, -0.1) is 0 Å². The van der Waals surface area contributed by atoms with Crippen LogP contribution in [0.15, 0.2) is 12.3 Å². The molecule has 0 radical (unpaired) electrons. The molecule has 1 N–H and O–H groups in total. The minimum absolute atomic E-state index is 0.366. The molecule has 0 amide bonds. The van der Waals surface area contributed by atoms with Crippen LogP contribution in [0.2, 0.25) is 0 Å². The lowest BCUT2D eigenvalue weighted by molar-refractivity contribution is -0.151. The zero-order chi connectivity index (χ0) is 14.8. The Morgan fingerprint density at radius 2 is 2.00 bits per heavy atom. The van der Waals surface area contributed by atoms with Crippen LogP contribution in [-0.4, -0.2) is 33.2 Å². The highest BCUT2D eigenvalue weighted by molar-refractivity contribution is 5.05. The van der Waals surface area contributed by atoms with Crippen LogP contribution in [0.3, 0.4) is 0 Å². The van der Waals surface area contributed by atoms with Gasteiger partial charge < -0.3 is 9.84 Å². The lowest BCUT2D eigenvalue weighted by Crippen LogP contribution is -2.50. The zero-order valence-corrected chi connectivity index (χ0v) is 13.2. The molecule has 0 spiro atoms. The average molecular weight is 280 g/mol. The average Bonchev–Trinajstić information content (AvgIpc) is 2.78. The van der Waals surface area contributed by atoms with Crippen molar-refractivity contribution in [3.8, 4) is 0 Å². The summed E-state index contributed by atoms with van der Waals surface area (Å²) in [5, 5.41) is 15.1. The summed E-state index contributed by atoms with van der Waals surface area (Å²) in [6.45, 7) is 7.26. The molecule has 1 heterocycles. The number of hydrogen-bond acceptors (Lipinski definition) is 3. The molecule has 0 bridgehead atoms. The Balaban J connectivity index is 2.07. The van der Waals surface area contributed by atoms with Gasteiger partial charge in [0.2, 0.25) is 0 Å². The third kappa shape index (κ3) is 3.41. The largest absolute Gasteiger partial charge is 0.390 e. The molecule has 1 unspecified atom stereocenters. The van der Waals surface area contributed by atoms with Gasteiger partial charge in [0.1, 0.15) is 0 Å². The first-order valence-electron chi connectivity index (χ1n) is 7.67. The van der Waals surface area contributed by atoms with E-state index in [1.807, 2.05) is 26.2 Å². The fourth-order valence-electron chi connectivity index (χ4n) is 3.17. The highest BCUT2D eigenvalue weighted by atomic mass is 16.5. The first-order valence-corrected chi connectivity index (χ1v) is 7.67. The van der Waals surface area contributed by atoms with Crippen molar-refractivity contribution in [3.05, 3.63) is 18.0 Å². The standard InChI is InChI=1S/C16H28N2O2/c1-5-20-16(9-7-15(2,3)8-10-16)14(19)12-13-6-11-18(4)17-13/h6,11,14,19H,5,7-10,12H2,1-4H3. The number of nitrogens with zero attached hydrogens (tertiary/aromatic N) is 2. The molecule has 1 aliphatic carbocycles. The monoisotopic (exact) mass is 280 g/mol. The minimum Gasteiger partial charge on any atom is -0.390 e. The summed E-state index contributed by atoms with van der Waals surface area (Å²) in [7, 11) is 1.90. The van der Waals surface area contributed by atoms with E-state index in [1.54, 1.807) is 4.68 Å². The molecule has 1 aliphatic rings. The van der Waals surface area contributed by atoms with Gasteiger partial charge in [-0.2, -0.15) is 5.10 Å². The van der Waals surface area contributed by atoms with E-state index in [9.17, 15) is 5.11 Å². The predicted molar refractivity (Wildman–Crippen MR) is 79.5 cm³/mol. The van der Waals surface area contributed by atoms with Crippen LogP contribution < -0.4 is 0 Å². The van der Waals surface area contributed by atoms with Crippen molar-refractivity contribution in [2.75, 3.05) is 6.61 Å². The molecule has 1 aromatic heterocycles. The van der Waals surface area contributed by atoms with Gasteiger partial charge in [0.25, 0.3) is 0 Å². The number of aromatic nitrogens is 2. The van der Waals surface area contributed by atoms with Crippen molar-refractivity contribution >= 4 is 0 Å². The fourth-order valence-corrected chi connectivity index (χ4v) is 3.17. The Morgan fingerprint density at radius 3 is 2.50 bits per heavy atom. The molecule has 1 atom stereocenters. The third-order valence-electron chi connectivity index (χ3n) is 4.66. The van der Waals surface area contributed by atoms with Crippen LogP contribution in [0.5, 0.6) is 0 Å². The van der Waals surface area contributed by atoms with Crippen LogP contribution in [0.25, 0.3) is 0 Å². The van der Waals surface area contributed by atoms with Crippen LogP contribution in [0.1, 0.15) is 52.1 Å². The van der Waals surface area contributed by atoms with Gasteiger partial charge in [0.05, 0.1) is 17.4 Å². The van der Waals surface area contributed by atoms with E-state index >= 15 is 0 Å². The summed E-state index contributed by atoms with van der Waals surface area (Å²) < 4.78 is 7.80. The van der Waals surface area contributed by atoms with Gasteiger partial charge in [0, 0.05) is 26.3 Å². The van der Waals surface area contributed by atoms with Crippen LogP contribution in [-0.2, 0) is 18.2 Å². The second-order valence-corrected chi connectivity index (χ2v) is 6.86. The summed E-state index contributed by atoms with van der Waals surface area (Å²) in [6.07, 6.45) is 6.08. The fraction of sp³-hybridized carbons (Fsp3) is 0.812. The molecule has 4 nitrogen and oxygen atoms in total. The Bertz CT molecular complexity index is 429. The maximum atomic E-state index is 10.7. The van der Waals surface area contributed by atoms with Gasteiger partial charge in [-0.3, -0.25) is 4.68 Å². The number of ether oxygens (including phenoxy) is 1. The van der Waals surface area contributed by atoms with E-state index in [4.69, 9.17) is 4.74 Å². The van der Waals surface area contributed by atoms with Gasteiger partial charge in [0.15, 0.2) is 0 Å². The molecule has 1 aromatic rings. The van der Waals surface area contributed by atoms with E-state index in [2.05, 4.69) is 18.9 Å². The van der Waals surface area contributed by atoms with Crippen LogP contribution >= 0.6 is 0 Å². The first-order chi connectivity index (χ1) is 9.37. The molecule has 2 rings (SSSR count). The SMILES string of the molecule is CCOC1(C(O)Cc2ccn(C)n2)CCC(C)(C)CC1. The Hall–Kier alpha value is -0.870. The lowest BCUT2D eigenvalue weighted by atomic mass is 9.68. The number of hydrogen-bond donors (Lipinski definition) is 1. The number of aliphatic hydroxyl groups excluding tert-OH is 1. The van der Waals surface area contributed by atoms with Crippen molar-refractivity contribution < 1.29 is 9.84 Å². The summed E-state index contributed by atoms with van der Waals surface area (Å²) in [6, 6.07) is 1.97. The summed E-state index contributed by atoms with van der Waals surface area (Å²) >= 11 is 0. The minimum atomic E-state index is -0.478. The molecule has 1 saturated carbocycles. The highest BCUT2D eigenvalue weighted by Gasteiger charge is 2.44. The maximum absolute atomic E-state index is 10.7. The Labute approximate surface area is 122 Å². The van der Waals surface area contributed by atoms with Crippen LogP contribution in [0.4, 0.5) is 0 Å². The van der Waals surface area contributed by atoms with Crippen molar-refractivity contribution in [2.24, 2.45) is 12.5 Å². The Morgan fingerprint density at radius 1 is 1.35 bits per heavy atom. The van der Waals surface area contributed by atoms with E-state index < -0.39 is 6.10 Å². The van der Waals surface area contributed by atoms with Crippen molar-refractivity contribution in [3.63, 3.8) is 0 Å². The zero-order valence-electron chi connectivity index (χ0n) is 13.2. The van der Waals surface area contributed by atoms with Crippen molar-refractivity contribution in [2.45, 2.75) is 64.6 Å². The predicted octanol–water partition coefficient (Wildman–Crippen LogP) is 2.70. The molecule has 114 valence electrons. The van der Waals surface area contributed by atoms with E-state index in [1.165, 1.54) is 0 Å². The number of aryl methyl sites for hydroxylation is 1. The number of rotatable bonds is 5. The molecular formula is C16H28N2O2. The molecular weight excluding hydrogens is 252 g/mol. The van der Waals surface area contributed by atoms with Gasteiger partial charge in [-0.25, -0.2) is 0 Å². The van der Waals surface area contributed by atoms with Gasteiger partial charge in [-0.1, -0.05) is 13.8 Å². The van der Waals surface area contributed by atoms with E-state index in [0.29, 0.717) is 18.4 Å². The quantitative estimate of drug-likeness (QED) is 0.902. The summed E-state index contributed by atoms with van der Waals surface area (Å²) in [5.74, 6) is 0. The summed E-state index contributed by atoms with van der Waals surface area (Å²) in [5.41, 5.74) is 0.913. The van der Waals surface area contributed by atoms with Gasteiger partial charge >= 0.3 is 0 Å².